The van der Waals surface area contributed by atoms with Gasteiger partial charge in [0.05, 0.1) is 22.7 Å². The van der Waals surface area contributed by atoms with Gasteiger partial charge < -0.3 is 14.8 Å². The molecule has 0 unspecified atom stereocenters. The van der Waals surface area contributed by atoms with Gasteiger partial charge in [-0.3, -0.25) is 0 Å². The lowest BCUT2D eigenvalue weighted by Crippen LogP contribution is -1.94. The van der Waals surface area contributed by atoms with Crippen LogP contribution in [0.1, 0.15) is 10.5 Å². The Balaban J connectivity index is 2.83. The summed E-state index contributed by atoms with van der Waals surface area (Å²) >= 11 is 11.8. The number of aromatic nitrogens is 1. The van der Waals surface area contributed by atoms with Crippen molar-refractivity contribution < 1.29 is 14.6 Å². The summed E-state index contributed by atoms with van der Waals surface area (Å²) in [5, 5.41) is 10.0. The first-order valence-electron chi connectivity index (χ1n) is 4.32. The van der Waals surface area contributed by atoms with Gasteiger partial charge >= 0.3 is 5.97 Å². The molecule has 0 radical (unpaired) electrons. The highest BCUT2D eigenvalue weighted by Gasteiger charge is 2.15. The minimum absolute atomic E-state index is 0.0393. The number of hydrogen-bond acceptors (Lipinski definition) is 2. The lowest BCUT2D eigenvalue weighted by atomic mass is 10.2. The minimum atomic E-state index is -1.06. The van der Waals surface area contributed by atoms with Gasteiger partial charge in [-0.05, 0) is 6.07 Å². The van der Waals surface area contributed by atoms with Crippen LogP contribution in [0.15, 0.2) is 12.1 Å². The van der Waals surface area contributed by atoms with Crippen LogP contribution in [0.4, 0.5) is 0 Å². The molecule has 1 aromatic carbocycles. The number of methoxy groups -OCH3 is 1. The molecule has 4 nitrogen and oxygen atoms in total. The highest BCUT2D eigenvalue weighted by Crippen LogP contribution is 2.37. The standard InChI is InChI=1S/C10H7Cl2NO3/c1-16-7-3-5(11)8(12)9-4(7)2-6(13-9)10(14)15/h2-3,13H,1H3,(H,14,15). The van der Waals surface area contributed by atoms with Crippen LogP contribution < -0.4 is 4.74 Å². The van der Waals surface area contributed by atoms with Crippen LogP contribution in [0.3, 0.4) is 0 Å². The van der Waals surface area contributed by atoms with Gasteiger partial charge in [0.15, 0.2) is 0 Å². The molecule has 16 heavy (non-hydrogen) atoms. The fourth-order valence-electron chi connectivity index (χ4n) is 1.48. The number of rotatable bonds is 2. The zero-order valence-corrected chi connectivity index (χ0v) is 9.69. The third-order valence-corrected chi connectivity index (χ3v) is 3.01. The summed E-state index contributed by atoms with van der Waals surface area (Å²) in [4.78, 5) is 13.5. The number of carbonyl (C=O) groups is 1. The van der Waals surface area contributed by atoms with Gasteiger partial charge in [0.2, 0.25) is 0 Å². The second-order valence-corrected chi connectivity index (χ2v) is 3.94. The number of fused-ring (bicyclic) bond motifs is 1. The zero-order chi connectivity index (χ0) is 11.9. The Kier molecular flexibility index (Phi) is 2.69. The number of benzene rings is 1. The molecule has 6 heteroatoms. The maximum Gasteiger partial charge on any atom is 0.352 e. The van der Waals surface area contributed by atoms with Crippen molar-refractivity contribution in [3.63, 3.8) is 0 Å². The minimum Gasteiger partial charge on any atom is -0.496 e. The second-order valence-electron chi connectivity index (χ2n) is 3.15. The van der Waals surface area contributed by atoms with Gasteiger partial charge in [0.25, 0.3) is 0 Å². The van der Waals surface area contributed by atoms with Gasteiger partial charge in [-0.1, -0.05) is 23.2 Å². The number of aromatic amines is 1. The number of aromatic carboxylic acids is 1. The predicted octanol–water partition coefficient (Wildman–Crippen LogP) is 3.18. The summed E-state index contributed by atoms with van der Waals surface area (Å²) in [7, 11) is 1.48. The first-order valence-corrected chi connectivity index (χ1v) is 5.08. The molecule has 0 spiro atoms. The third kappa shape index (κ3) is 1.60. The molecule has 2 N–H and O–H groups in total. The predicted molar refractivity (Wildman–Crippen MR) is 61.8 cm³/mol. The maximum atomic E-state index is 10.8. The lowest BCUT2D eigenvalue weighted by Gasteiger charge is -2.04. The van der Waals surface area contributed by atoms with Crippen LogP contribution in [0.2, 0.25) is 10.0 Å². The van der Waals surface area contributed by atoms with Crippen LogP contribution >= 0.6 is 23.2 Å². The van der Waals surface area contributed by atoms with Crippen molar-refractivity contribution in [1.82, 2.24) is 4.98 Å². The van der Waals surface area contributed by atoms with E-state index in [1.165, 1.54) is 13.2 Å². The molecule has 0 fully saturated rings. The molecule has 0 amide bonds. The molecule has 0 atom stereocenters. The number of halogens is 2. The van der Waals surface area contributed by atoms with Gasteiger partial charge in [-0.2, -0.15) is 0 Å². The van der Waals surface area contributed by atoms with E-state index in [0.717, 1.165) is 0 Å². The summed E-state index contributed by atoms with van der Waals surface area (Å²) in [6, 6.07) is 3.00. The van der Waals surface area contributed by atoms with E-state index in [0.29, 0.717) is 21.7 Å². The van der Waals surface area contributed by atoms with E-state index in [2.05, 4.69) is 4.98 Å². The van der Waals surface area contributed by atoms with E-state index in [1.54, 1.807) is 6.07 Å². The van der Waals surface area contributed by atoms with Crippen molar-refractivity contribution in [2.45, 2.75) is 0 Å². The van der Waals surface area contributed by atoms with E-state index < -0.39 is 5.97 Å². The summed E-state index contributed by atoms with van der Waals surface area (Å²) in [5.41, 5.74) is 0.501. The molecular weight excluding hydrogens is 253 g/mol. The van der Waals surface area contributed by atoms with Crippen LogP contribution in [0.25, 0.3) is 10.9 Å². The summed E-state index contributed by atoms with van der Waals surface area (Å²) < 4.78 is 5.10. The van der Waals surface area contributed by atoms with Crippen LogP contribution in [-0.4, -0.2) is 23.2 Å². The Hall–Kier alpha value is -1.39. The molecule has 0 aliphatic rings. The molecule has 0 saturated heterocycles. The van der Waals surface area contributed by atoms with Gasteiger partial charge in [-0.15, -0.1) is 0 Å². The molecule has 1 aromatic heterocycles. The number of nitrogens with one attached hydrogen (secondary N) is 1. The van der Waals surface area contributed by atoms with Crippen molar-refractivity contribution in [3.8, 4) is 5.75 Å². The van der Waals surface area contributed by atoms with Crippen LogP contribution in [0.5, 0.6) is 5.75 Å². The molecule has 84 valence electrons. The number of carboxylic acid groups (broad SMARTS) is 1. The fourth-order valence-corrected chi connectivity index (χ4v) is 1.88. The fraction of sp³-hybridized carbons (Fsp3) is 0.100. The summed E-state index contributed by atoms with van der Waals surface area (Å²) in [6.45, 7) is 0. The molecule has 0 aliphatic heterocycles. The topological polar surface area (TPSA) is 62.3 Å². The first kappa shape index (κ1) is 11.1. The van der Waals surface area contributed by atoms with Crippen molar-refractivity contribution in [2.24, 2.45) is 0 Å². The monoisotopic (exact) mass is 259 g/mol. The van der Waals surface area contributed by atoms with E-state index in [-0.39, 0.29) is 10.7 Å². The SMILES string of the molecule is COc1cc(Cl)c(Cl)c2[nH]c(C(=O)O)cc12. The lowest BCUT2D eigenvalue weighted by molar-refractivity contribution is 0.0691. The Morgan fingerprint density at radius 1 is 1.44 bits per heavy atom. The van der Waals surface area contributed by atoms with Crippen molar-refractivity contribution in [3.05, 3.63) is 27.9 Å². The highest BCUT2D eigenvalue weighted by molar-refractivity contribution is 6.45. The summed E-state index contributed by atoms with van der Waals surface area (Å²) in [6.07, 6.45) is 0. The number of carboxylic acids is 1. The first-order chi connectivity index (χ1) is 7.54. The molecule has 0 aliphatic carbocycles. The highest BCUT2D eigenvalue weighted by atomic mass is 35.5. The third-order valence-electron chi connectivity index (χ3n) is 2.22. The number of H-pyrrole nitrogens is 1. The van der Waals surface area contributed by atoms with E-state index in [9.17, 15) is 4.79 Å². The van der Waals surface area contributed by atoms with E-state index in [4.69, 9.17) is 33.0 Å². The van der Waals surface area contributed by atoms with Crippen LogP contribution in [0, 0.1) is 0 Å². The summed E-state index contributed by atoms with van der Waals surface area (Å²) in [5.74, 6) is -0.585. The molecule has 0 saturated carbocycles. The Morgan fingerprint density at radius 2 is 2.12 bits per heavy atom. The normalized spacial score (nSPS) is 10.7. The maximum absolute atomic E-state index is 10.8. The largest absolute Gasteiger partial charge is 0.496 e. The Bertz CT molecular complexity index is 577. The Morgan fingerprint density at radius 3 is 2.69 bits per heavy atom. The second kappa shape index (κ2) is 3.88. The smallest absolute Gasteiger partial charge is 0.352 e. The molecule has 2 rings (SSSR count). The quantitative estimate of drug-likeness (QED) is 0.871. The van der Waals surface area contributed by atoms with Gasteiger partial charge in [0.1, 0.15) is 11.4 Å². The van der Waals surface area contributed by atoms with Gasteiger partial charge in [-0.25, -0.2) is 4.79 Å². The van der Waals surface area contributed by atoms with Crippen molar-refractivity contribution >= 4 is 40.1 Å². The van der Waals surface area contributed by atoms with Gasteiger partial charge in [0, 0.05) is 11.5 Å². The van der Waals surface area contributed by atoms with Crippen molar-refractivity contribution in [1.29, 1.82) is 0 Å². The number of ether oxygens (including phenoxy) is 1. The zero-order valence-electron chi connectivity index (χ0n) is 8.17. The van der Waals surface area contributed by atoms with Crippen molar-refractivity contribution in [2.75, 3.05) is 7.11 Å². The van der Waals surface area contributed by atoms with Crippen LogP contribution in [-0.2, 0) is 0 Å². The molecule has 1 heterocycles. The average Bonchev–Trinajstić information content (AvgIpc) is 2.68. The Labute approximate surface area is 101 Å². The van der Waals surface area contributed by atoms with E-state index in [1.807, 2.05) is 0 Å². The average molecular weight is 260 g/mol. The van der Waals surface area contributed by atoms with E-state index >= 15 is 0 Å². The molecule has 2 aromatic rings. The molecular formula is C10H7Cl2NO3. The number of hydrogen-bond donors (Lipinski definition) is 2. The molecule has 0 bridgehead atoms.